The molecule has 0 bridgehead atoms. The number of halogens is 2. The summed E-state index contributed by atoms with van der Waals surface area (Å²) in [6, 6.07) is 11.9. The monoisotopic (exact) mass is 446 g/mol. The van der Waals surface area contributed by atoms with E-state index in [1.165, 1.54) is 12.2 Å². The van der Waals surface area contributed by atoms with Crippen LogP contribution in [0.4, 0.5) is 0 Å². The van der Waals surface area contributed by atoms with Crippen molar-refractivity contribution in [2.75, 3.05) is 6.61 Å². The summed E-state index contributed by atoms with van der Waals surface area (Å²) in [6.45, 7) is 3.92. The van der Waals surface area contributed by atoms with Gasteiger partial charge in [0.2, 0.25) is 0 Å². The average Bonchev–Trinajstić information content (AvgIpc) is 2.70. The fourth-order valence-corrected chi connectivity index (χ4v) is 3.85. The van der Waals surface area contributed by atoms with Crippen molar-refractivity contribution in [3.63, 3.8) is 0 Å². The highest BCUT2D eigenvalue weighted by atomic mass is 35.5. The van der Waals surface area contributed by atoms with E-state index in [2.05, 4.69) is 6.58 Å². The lowest BCUT2D eigenvalue weighted by molar-refractivity contribution is -0.110. The van der Waals surface area contributed by atoms with Crippen molar-refractivity contribution in [2.45, 2.75) is 4.90 Å². The van der Waals surface area contributed by atoms with Gasteiger partial charge in [0.1, 0.15) is 12.4 Å². The van der Waals surface area contributed by atoms with E-state index in [1.807, 2.05) is 0 Å². The highest BCUT2D eigenvalue weighted by molar-refractivity contribution is 7.79. The van der Waals surface area contributed by atoms with Crippen molar-refractivity contribution in [3.8, 4) is 5.75 Å². The second-order valence-electron chi connectivity index (χ2n) is 6.01. The largest absolute Gasteiger partial charge is 0.488 e. The first-order valence-electron chi connectivity index (χ1n) is 8.50. The molecule has 2 aromatic carbocycles. The van der Waals surface area contributed by atoms with Crippen LogP contribution < -0.4 is 4.74 Å². The minimum Gasteiger partial charge on any atom is -0.488 e. The normalized spacial score (nSPS) is 16.2. The van der Waals surface area contributed by atoms with Crippen LogP contribution in [0.1, 0.15) is 11.1 Å². The number of carbonyl (C=O) groups is 1. The van der Waals surface area contributed by atoms with E-state index in [4.69, 9.17) is 27.9 Å². The van der Waals surface area contributed by atoms with Gasteiger partial charge in [0.25, 0.3) is 0 Å². The number of ketones is 1. The molecule has 0 saturated carbocycles. The maximum atomic E-state index is 11.9. The van der Waals surface area contributed by atoms with E-state index >= 15 is 0 Å². The molecule has 0 spiro atoms. The SMILES string of the molecule is C=CCOc1ccc(/C(=C2\C=CC(=O)C(Cl)=C2)c2ccccc2S(=O)O)cc1Cl. The third kappa shape index (κ3) is 4.77. The summed E-state index contributed by atoms with van der Waals surface area (Å²) in [7, 11) is 0. The third-order valence-corrected chi connectivity index (χ3v) is 5.47. The van der Waals surface area contributed by atoms with Gasteiger partial charge in [-0.3, -0.25) is 4.79 Å². The zero-order chi connectivity index (χ0) is 21.0. The van der Waals surface area contributed by atoms with Gasteiger partial charge in [-0.05, 0) is 47.1 Å². The van der Waals surface area contributed by atoms with Crippen molar-refractivity contribution in [3.05, 3.63) is 100 Å². The second-order valence-corrected chi connectivity index (χ2v) is 7.76. The predicted octanol–water partition coefficient (Wildman–Crippen LogP) is 5.55. The number of carbonyl (C=O) groups excluding carboxylic acids is 1. The van der Waals surface area contributed by atoms with E-state index in [1.54, 1.807) is 54.6 Å². The van der Waals surface area contributed by atoms with Crippen molar-refractivity contribution in [2.24, 2.45) is 0 Å². The topological polar surface area (TPSA) is 63.6 Å². The van der Waals surface area contributed by atoms with Crippen LogP contribution in [0.15, 0.2) is 88.8 Å². The van der Waals surface area contributed by atoms with Crippen LogP contribution in [0.3, 0.4) is 0 Å². The summed E-state index contributed by atoms with van der Waals surface area (Å²) in [4.78, 5) is 12.0. The van der Waals surface area contributed by atoms with Gasteiger partial charge in [-0.2, -0.15) is 0 Å². The number of hydrogen-bond acceptors (Lipinski definition) is 3. The standard InChI is InChI=1S/C22H16Cl2O4S/c1-2-11-28-20-10-8-15(13-18(20)24)22(14-7-9-19(25)17(23)12-14)16-5-3-4-6-21(16)29(26)27/h2-10,12-13H,1,11H2,(H,26,27)/b22-14-. The molecule has 29 heavy (non-hydrogen) atoms. The second kappa shape index (κ2) is 9.37. The molecule has 0 heterocycles. The highest BCUT2D eigenvalue weighted by Gasteiger charge is 2.20. The van der Waals surface area contributed by atoms with E-state index in [-0.39, 0.29) is 15.7 Å². The summed E-state index contributed by atoms with van der Waals surface area (Å²) in [6.07, 6.45) is 6.13. The molecule has 2 aromatic rings. The van der Waals surface area contributed by atoms with Crippen molar-refractivity contribution >= 4 is 45.6 Å². The Morgan fingerprint density at radius 3 is 2.59 bits per heavy atom. The van der Waals surface area contributed by atoms with Gasteiger partial charge in [0, 0.05) is 5.56 Å². The van der Waals surface area contributed by atoms with Crippen LogP contribution in [0.25, 0.3) is 5.57 Å². The molecule has 0 radical (unpaired) electrons. The summed E-state index contributed by atoms with van der Waals surface area (Å²) >= 11 is 10.2. The lowest BCUT2D eigenvalue weighted by Gasteiger charge is -2.17. The number of benzene rings is 2. The fraction of sp³-hybridized carbons (Fsp3) is 0.0455. The number of allylic oxidation sites excluding steroid dienone is 5. The van der Waals surface area contributed by atoms with Crippen molar-refractivity contribution in [1.29, 1.82) is 0 Å². The quantitative estimate of drug-likeness (QED) is 0.466. The number of ether oxygens (including phenoxy) is 1. The molecule has 148 valence electrons. The molecule has 0 saturated heterocycles. The van der Waals surface area contributed by atoms with Gasteiger partial charge >= 0.3 is 0 Å². The lowest BCUT2D eigenvalue weighted by atomic mass is 9.90. The Morgan fingerprint density at radius 1 is 1.17 bits per heavy atom. The Labute approximate surface area is 181 Å². The molecule has 1 aliphatic carbocycles. The molecule has 1 N–H and O–H groups in total. The molecule has 0 aromatic heterocycles. The first-order chi connectivity index (χ1) is 13.9. The third-order valence-electron chi connectivity index (χ3n) is 4.14. The molecule has 1 atom stereocenters. The Bertz CT molecular complexity index is 1100. The summed E-state index contributed by atoms with van der Waals surface area (Å²) in [5, 5.41) is 0.427. The Morgan fingerprint density at radius 2 is 1.93 bits per heavy atom. The summed E-state index contributed by atoms with van der Waals surface area (Å²) in [5.41, 5.74) is 2.43. The van der Waals surface area contributed by atoms with Crippen LogP contribution in [0.2, 0.25) is 5.02 Å². The van der Waals surface area contributed by atoms with Gasteiger partial charge in [0.15, 0.2) is 16.9 Å². The molecule has 0 fully saturated rings. The molecular weight excluding hydrogens is 431 g/mol. The zero-order valence-electron chi connectivity index (χ0n) is 15.1. The van der Waals surface area contributed by atoms with Crippen LogP contribution in [0.5, 0.6) is 5.75 Å². The van der Waals surface area contributed by atoms with Crippen molar-refractivity contribution < 1.29 is 18.3 Å². The van der Waals surface area contributed by atoms with Gasteiger partial charge < -0.3 is 9.29 Å². The molecule has 1 unspecified atom stereocenters. The lowest BCUT2D eigenvalue weighted by Crippen LogP contribution is -2.03. The molecule has 0 amide bonds. The summed E-state index contributed by atoms with van der Waals surface area (Å²) < 4.78 is 27.2. The van der Waals surface area contributed by atoms with E-state index < -0.39 is 11.1 Å². The molecular formula is C22H16Cl2O4S. The van der Waals surface area contributed by atoms with E-state index in [0.29, 0.717) is 39.7 Å². The van der Waals surface area contributed by atoms with Crippen LogP contribution >= 0.6 is 23.2 Å². The van der Waals surface area contributed by atoms with Crippen molar-refractivity contribution in [1.82, 2.24) is 0 Å². The fourth-order valence-electron chi connectivity index (χ4n) is 2.88. The number of hydrogen-bond donors (Lipinski definition) is 1. The minimum absolute atomic E-state index is 0.0552. The smallest absolute Gasteiger partial charge is 0.197 e. The highest BCUT2D eigenvalue weighted by Crippen LogP contribution is 2.37. The summed E-state index contributed by atoms with van der Waals surface area (Å²) in [5.74, 6) is 0.182. The van der Waals surface area contributed by atoms with E-state index in [9.17, 15) is 13.6 Å². The first kappa shape index (κ1) is 21.3. The van der Waals surface area contributed by atoms with Gasteiger partial charge in [-0.25, -0.2) is 4.21 Å². The van der Waals surface area contributed by atoms with Gasteiger partial charge in [-0.15, -0.1) is 0 Å². The maximum Gasteiger partial charge on any atom is 0.197 e. The van der Waals surface area contributed by atoms with Crippen LogP contribution in [0, 0.1) is 0 Å². The predicted molar refractivity (Wildman–Crippen MR) is 117 cm³/mol. The van der Waals surface area contributed by atoms with E-state index in [0.717, 1.165) is 0 Å². The van der Waals surface area contributed by atoms with Crippen LogP contribution in [-0.4, -0.2) is 21.2 Å². The molecule has 1 aliphatic rings. The molecule has 7 heteroatoms. The Balaban J connectivity index is 2.25. The Hall–Kier alpha value is -2.44. The molecule has 4 nitrogen and oxygen atoms in total. The molecule has 3 rings (SSSR count). The number of rotatable bonds is 6. The minimum atomic E-state index is -2.22. The first-order valence-corrected chi connectivity index (χ1v) is 10.4. The van der Waals surface area contributed by atoms with Gasteiger partial charge in [0.05, 0.1) is 15.0 Å². The van der Waals surface area contributed by atoms with Gasteiger partial charge in [-0.1, -0.05) is 66.2 Å². The molecule has 0 aliphatic heterocycles. The van der Waals surface area contributed by atoms with Crippen LogP contribution in [-0.2, 0) is 15.9 Å². The zero-order valence-corrected chi connectivity index (χ0v) is 17.4. The average molecular weight is 447 g/mol. The Kier molecular flexibility index (Phi) is 6.87. The maximum absolute atomic E-state index is 11.9.